The van der Waals surface area contributed by atoms with Gasteiger partial charge in [-0.25, -0.2) is 0 Å². The third kappa shape index (κ3) is 2.34. The first-order valence-corrected chi connectivity index (χ1v) is 6.90. The zero-order valence-electron chi connectivity index (χ0n) is 10.6. The molecule has 0 unspecified atom stereocenters. The fourth-order valence-electron chi connectivity index (χ4n) is 3.35. The number of hydrogen-bond donors (Lipinski definition) is 0. The molecule has 0 N–H and O–H groups in total. The van der Waals surface area contributed by atoms with Crippen LogP contribution in [-0.2, 0) is 0 Å². The van der Waals surface area contributed by atoms with Crippen LogP contribution in [0.5, 0.6) is 0 Å². The predicted molar refractivity (Wildman–Crippen MR) is 74.1 cm³/mol. The van der Waals surface area contributed by atoms with Crippen LogP contribution in [0.3, 0.4) is 0 Å². The van der Waals surface area contributed by atoms with Gasteiger partial charge in [0.2, 0.25) is 0 Å². The van der Waals surface area contributed by atoms with Crippen LogP contribution < -0.4 is 0 Å². The second kappa shape index (κ2) is 5.56. The quantitative estimate of drug-likeness (QED) is 0.463. The van der Waals surface area contributed by atoms with E-state index < -0.39 is 0 Å². The average Bonchev–Trinajstić information content (AvgIpc) is 2.72. The van der Waals surface area contributed by atoms with Gasteiger partial charge in [-0.15, -0.1) is 0 Å². The topological polar surface area (TPSA) is 0 Å². The lowest BCUT2D eigenvalue weighted by Crippen LogP contribution is -2.25. The maximum Gasteiger partial charge on any atom is 0.148 e. The molecule has 0 nitrogen and oxygen atoms in total. The van der Waals surface area contributed by atoms with E-state index in [2.05, 4.69) is 50.3 Å². The Bertz CT molecular complexity index is 295. The highest BCUT2D eigenvalue weighted by atomic mass is 14.3. The molecule has 0 fully saturated rings. The van der Waals surface area contributed by atoms with Crippen LogP contribution in [0.1, 0.15) is 26.7 Å². The van der Waals surface area contributed by atoms with E-state index in [1.807, 2.05) is 0 Å². The minimum atomic E-state index is 0.686. The molecule has 0 saturated carbocycles. The second-order valence-corrected chi connectivity index (χ2v) is 5.22. The van der Waals surface area contributed by atoms with Crippen LogP contribution in [0.15, 0.2) is 36.5 Å². The van der Waals surface area contributed by atoms with Crippen molar-refractivity contribution in [1.82, 2.24) is 0 Å². The highest BCUT2D eigenvalue weighted by molar-refractivity contribution is 6.61. The summed E-state index contributed by atoms with van der Waals surface area (Å²) < 4.78 is 0. The lowest BCUT2D eigenvalue weighted by molar-refractivity contribution is 0.585. The van der Waals surface area contributed by atoms with Gasteiger partial charge in [0.05, 0.1) is 0 Å². The molecule has 0 heterocycles. The molecule has 3 atom stereocenters. The molecule has 0 bridgehead atoms. The number of allylic oxidation sites excluding steroid dienone is 6. The lowest BCUT2D eigenvalue weighted by Gasteiger charge is -2.27. The summed E-state index contributed by atoms with van der Waals surface area (Å²) in [5, 5.41) is 0. The largest absolute Gasteiger partial charge is 0.148 e. The maximum absolute atomic E-state index is 2.49. The summed E-state index contributed by atoms with van der Waals surface area (Å²) in [6.07, 6.45) is 19.6. The Morgan fingerprint density at radius 3 is 2.25 bits per heavy atom. The Morgan fingerprint density at radius 1 is 0.875 bits per heavy atom. The smallest absolute Gasteiger partial charge is 0.0914 e. The number of rotatable bonds is 5. The Kier molecular flexibility index (Phi) is 4.09. The van der Waals surface area contributed by atoms with Gasteiger partial charge in [-0.1, -0.05) is 75.8 Å². The molecule has 1 heteroatoms. The maximum atomic E-state index is 2.49. The molecule has 0 amide bonds. The van der Waals surface area contributed by atoms with Gasteiger partial charge in [0.15, 0.2) is 0 Å². The van der Waals surface area contributed by atoms with Crippen molar-refractivity contribution in [3.05, 3.63) is 36.5 Å². The average molecular weight is 214 g/mol. The number of fused-ring (bicyclic) bond motifs is 1. The molecule has 0 aromatic heterocycles. The number of hydrogen-bond acceptors (Lipinski definition) is 0. The lowest BCUT2D eigenvalue weighted by atomic mass is 9.34. The molecule has 0 radical (unpaired) electrons. The van der Waals surface area contributed by atoms with Crippen molar-refractivity contribution >= 4 is 6.71 Å². The monoisotopic (exact) mass is 214 g/mol. The minimum Gasteiger partial charge on any atom is -0.0914 e. The summed E-state index contributed by atoms with van der Waals surface area (Å²) in [4.78, 5) is 0. The SMILES string of the molecule is CCCB(CCC)[C@H]1C=C[C@H]2C=CC=C[C@H]21. The van der Waals surface area contributed by atoms with Gasteiger partial charge in [0, 0.05) is 5.92 Å². The van der Waals surface area contributed by atoms with E-state index in [0.29, 0.717) is 5.92 Å². The van der Waals surface area contributed by atoms with Crippen molar-refractivity contribution in [2.75, 3.05) is 0 Å². The van der Waals surface area contributed by atoms with E-state index in [9.17, 15) is 0 Å². The van der Waals surface area contributed by atoms with Gasteiger partial charge in [0.1, 0.15) is 6.71 Å². The molecule has 2 aliphatic carbocycles. The third-order valence-corrected chi connectivity index (χ3v) is 4.09. The summed E-state index contributed by atoms with van der Waals surface area (Å²) in [5.41, 5.74) is 0. The predicted octanol–water partition coefficient (Wildman–Crippen LogP) is 4.60. The molecule has 16 heavy (non-hydrogen) atoms. The standard InChI is InChI=1S/C15H23B/c1-3-11-16(12-4-2)15-10-9-13-7-5-6-8-14(13)15/h5-10,13-15H,3-4,11-12H2,1-2H3/t13-,14-,15+/m1/s1. The van der Waals surface area contributed by atoms with Gasteiger partial charge >= 0.3 is 0 Å². The van der Waals surface area contributed by atoms with Crippen LogP contribution in [0.2, 0.25) is 18.5 Å². The molecule has 2 rings (SSSR count). The first-order chi connectivity index (χ1) is 7.86. The fourth-order valence-corrected chi connectivity index (χ4v) is 3.35. The normalized spacial score (nSPS) is 30.8. The summed E-state index contributed by atoms with van der Waals surface area (Å²) >= 11 is 0. The zero-order valence-corrected chi connectivity index (χ0v) is 10.6. The minimum absolute atomic E-state index is 0.686. The van der Waals surface area contributed by atoms with Crippen LogP contribution >= 0.6 is 0 Å². The van der Waals surface area contributed by atoms with Crippen LogP contribution in [0, 0.1) is 11.8 Å². The van der Waals surface area contributed by atoms with Gasteiger partial charge in [0.25, 0.3) is 0 Å². The molecule has 0 aliphatic heterocycles. The zero-order chi connectivity index (χ0) is 11.4. The second-order valence-electron chi connectivity index (χ2n) is 5.22. The van der Waals surface area contributed by atoms with E-state index in [0.717, 1.165) is 18.4 Å². The van der Waals surface area contributed by atoms with Gasteiger partial charge in [-0.05, 0) is 11.7 Å². The molecule has 0 aromatic rings. The van der Waals surface area contributed by atoms with Gasteiger partial charge < -0.3 is 0 Å². The van der Waals surface area contributed by atoms with Crippen molar-refractivity contribution < 1.29 is 0 Å². The molecule has 0 aromatic carbocycles. The molecule has 2 aliphatic rings. The fraction of sp³-hybridized carbons (Fsp3) is 0.600. The first-order valence-electron chi connectivity index (χ1n) is 6.90. The Hall–Kier alpha value is -0.715. The van der Waals surface area contributed by atoms with Gasteiger partial charge in [-0.2, -0.15) is 0 Å². The Labute approximate surface area is 101 Å². The summed E-state index contributed by atoms with van der Waals surface area (Å²) in [5.74, 6) is 2.24. The molecular formula is C15H23B. The van der Waals surface area contributed by atoms with E-state index in [1.54, 1.807) is 0 Å². The molecule has 0 spiro atoms. The molecule has 0 saturated heterocycles. The highest BCUT2D eigenvalue weighted by Crippen LogP contribution is 2.42. The van der Waals surface area contributed by atoms with E-state index >= 15 is 0 Å². The highest BCUT2D eigenvalue weighted by Gasteiger charge is 2.35. The van der Waals surface area contributed by atoms with E-state index in [1.165, 1.54) is 25.5 Å². The Morgan fingerprint density at radius 2 is 1.56 bits per heavy atom. The summed E-state index contributed by atoms with van der Waals surface area (Å²) in [6.45, 7) is 5.53. The van der Waals surface area contributed by atoms with Crippen molar-refractivity contribution in [2.24, 2.45) is 11.8 Å². The van der Waals surface area contributed by atoms with E-state index in [4.69, 9.17) is 0 Å². The summed E-state index contributed by atoms with van der Waals surface area (Å²) in [7, 11) is 0. The first kappa shape index (κ1) is 11.8. The van der Waals surface area contributed by atoms with Gasteiger partial charge in [-0.3, -0.25) is 0 Å². The Balaban J connectivity index is 2.05. The van der Waals surface area contributed by atoms with Crippen molar-refractivity contribution in [2.45, 2.75) is 45.1 Å². The van der Waals surface area contributed by atoms with Crippen LogP contribution in [0.4, 0.5) is 0 Å². The third-order valence-electron chi connectivity index (χ3n) is 4.09. The summed E-state index contributed by atoms with van der Waals surface area (Å²) in [6, 6.07) is 0. The van der Waals surface area contributed by atoms with Crippen molar-refractivity contribution in [1.29, 1.82) is 0 Å². The van der Waals surface area contributed by atoms with E-state index in [-0.39, 0.29) is 0 Å². The van der Waals surface area contributed by atoms with Crippen molar-refractivity contribution in [3.63, 3.8) is 0 Å². The molecular weight excluding hydrogens is 191 g/mol. The molecule has 86 valence electrons. The van der Waals surface area contributed by atoms with Crippen molar-refractivity contribution in [3.8, 4) is 0 Å². The van der Waals surface area contributed by atoms with Crippen LogP contribution in [0.25, 0.3) is 0 Å². The van der Waals surface area contributed by atoms with Crippen LogP contribution in [-0.4, -0.2) is 6.71 Å².